The van der Waals surface area contributed by atoms with E-state index in [4.69, 9.17) is 9.88 Å². The molecule has 0 unspecified atom stereocenters. The smallest absolute Gasteiger partial charge is 0.333 e. The van der Waals surface area contributed by atoms with Crippen LogP contribution in [0, 0.1) is 0 Å². The number of nitrogens with zero attached hydrogens (tertiary/aromatic N) is 5. The lowest BCUT2D eigenvalue weighted by Crippen LogP contribution is -2.37. The Bertz CT molecular complexity index is 1200. The number of methoxy groups -OCH3 is 1. The van der Waals surface area contributed by atoms with E-state index in [1.165, 1.54) is 24.6 Å². The molecule has 0 spiro atoms. The maximum Gasteiger partial charge on any atom is 0.333 e. The molecule has 0 fully saturated rings. The molecular weight excluding hydrogens is 436 g/mol. The van der Waals surface area contributed by atoms with Gasteiger partial charge in [0, 0.05) is 14.2 Å². The molecule has 1 aliphatic rings. The highest BCUT2D eigenvalue weighted by atomic mass is 32.2. The molecule has 4 rings (SSSR count). The Morgan fingerprint density at radius 3 is 2.84 bits per heavy atom. The van der Waals surface area contributed by atoms with E-state index in [-0.39, 0.29) is 12.6 Å². The first-order chi connectivity index (χ1) is 15.3. The second-order valence-corrected chi connectivity index (χ2v) is 8.97. The molecule has 2 heterocycles. The first-order valence-corrected chi connectivity index (χ1v) is 11.6. The monoisotopic (exact) mass is 462 g/mol. The Kier molecular flexibility index (Phi) is 6.40. The summed E-state index contributed by atoms with van der Waals surface area (Å²) in [4.78, 5) is 15.4. The van der Waals surface area contributed by atoms with Crippen LogP contribution in [0.3, 0.4) is 0 Å². The van der Waals surface area contributed by atoms with Gasteiger partial charge in [-0.2, -0.15) is 8.42 Å². The van der Waals surface area contributed by atoms with Crippen LogP contribution in [0.1, 0.15) is 23.6 Å². The Morgan fingerprint density at radius 1 is 1.31 bits per heavy atom. The number of fused-ring (bicyclic) bond motifs is 2. The fourth-order valence-corrected chi connectivity index (χ4v) is 4.49. The summed E-state index contributed by atoms with van der Waals surface area (Å²) in [7, 11) is -0.798. The number of rotatable bonds is 9. The summed E-state index contributed by atoms with van der Waals surface area (Å²) in [5, 5.41) is 15.4. The van der Waals surface area contributed by atoms with Gasteiger partial charge in [-0.15, -0.1) is 0 Å². The Labute approximate surface area is 186 Å². The molecule has 3 N–H and O–H groups in total. The highest BCUT2D eigenvalue weighted by Crippen LogP contribution is 2.38. The van der Waals surface area contributed by atoms with Crippen LogP contribution in [0.5, 0.6) is 0 Å². The number of nitrogens with two attached hydrogens (primary N) is 1. The van der Waals surface area contributed by atoms with Crippen molar-refractivity contribution in [2.75, 3.05) is 25.7 Å². The first-order valence-electron chi connectivity index (χ1n) is 10.1. The van der Waals surface area contributed by atoms with Gasteiger partial charge < -0.3 is 19.3 Å². The van der Waals surface area contributed by atoms with E-state index < -0.39 is 29.1 Å². The molecule has 12 heteroatoms. The lowest BCUT2D eigenvalue weighted by atomic mass is 10.1. The van der Waals surface area contributed by atoms with Crippen molar-refractivity contribution < 1.29 is 22.4 Å². The topological polar surface area (TPSA) is 146 Å². The van der Waals surface area contributed by atoms with Gasteiger partial charge in [-0.1, -0.05) is 24.3 Å². The SMILES string of the molecule is CO[C@H](COS(N)(=O)=O)[C@@H](O)Cn1cnc2c(N(C)[C@H]3CCc4ccccc43)ncnc21. The molecule has 1 aliphatic carbocycles. The largest absolute Gasteiger partial charge is 0.388 e. The van der Waals surface area contributed by atoms with Gasteiger partial charge in [-0.3, -0.25) is 4.18 Å². The molecule has 32 heavy (non-hydrogen) atoms. The van der Waals surface area contributed by atoms with Crippen LogP contribution < -0.4 is 10.0 Å². The predicted molar refractivity (Wildman–Crippen MR) is 117 cm³/mol. The minimum atomic E-state index is -4.14. The van der Waals surface area contributed by atoms with Gasteiger partial charge in [-0.05, 0) is 24.0 Å². The van der Waals surface area contributed by atoms with Crippen molar-refractivity contribution in [1.29, 1.82) is 0 Å². The van der Waals surface area contributed by atoms with Crippen LogP contribution in [-0.4, -0.2) is 66.0 Å². The Balaban J connectivity index is 1.56. The van der Waals surface area contributed by atoms with Crippen molar-refractivity contribution in [1.82, 2.24) is 19.5 Å². The third-order valence-corrected chi connectivity index (χ3v) is 6.26. The summed E-state index contributed by atoms with van der Waals surface area (Å²) in [6.45, 7) is -0.345. The van der Waals surface area contributed by atoms with E-state index in [1.54, 1.807) is 10.9 Å². The molecule has 0 bridgehead atoms. The molecule has 172 valence electrons. The molecule has 11 nitrogen and oxygen atoms in total. The van der Waals surface area contributed by atoms with Crippen molar-refractivity contribution in [3.8, 4) is 0 Å². The quantitative estimate of drug-likeness (QED) is 0.465. The number of benzene rings is 1. The van der Waals surface area contributed by atoms with E-state index in [1.807, 2.05) is 13.1 Å². The fraction of sp³-hybridized carbons (Fsp3) is 0.450. The Hall–Kier alpha value is -2.64. The summed E-state index contributed by atoms with van der Waals surface area (Å²) in [5.74, 6) is 0.700. The van der Waals surface area contributed by atoms with Crippen LogP contribution in [0.25, 0.3) is 11.2 Å². The minimum absolute atomic E-state index is 0.0649. The molecular formula is C20H26N6O5S. The summed E-state index contributed by atoms with van der Waals surface area (Å²) < 4.78 is 33.5. The zero-order valence-electron chi connectivity index (χ0n) is 17.8. The average Bonchev–Trinajstić information content (AvgIpc) is 3.37. The number of ether oxygens (including phenoxy) is 1. The summed E-state index contributed by atoms with van der Waals surface area (Å²) in [6.07, 6.45) is 3.04. The second kappa shape index (κ2) is 9.08. The van der Waals surface area contributed by atoms with Gasteiger partial charge in [0.05, 0.1) is 25.5 Å². The third kappa shape index (κ3) is 4.59. The maximum absolute atomic E-state index is 11.0. The molecule has 0 aliphatic heterocycles. The maximum atomic E-state index is 11.0. The molecule has 0 amide bonds. The number of imidazole rings is 1. The van der Waals surface area contributed by atoms with E-state index in [0.717, 1.165) is 12.8 Å². The first kappa shape index (κ1) is 22.6. The highest BCUT2D eigenvalue weighted by molar-refractivity contribution is 7.84. The van der Waals surface area contributed by atoms with Crippen molar-refractivity contribution in [2.24, 2.45) is 5.14 Å². The van der Waals surface area contributed by atoms with Crippen LogP contribution in [0.2, 0.25) is 0 Å². The summed E-state index contributed by atoms with van der Waals surface area (Å²) >= 11 is 0. The lowest BCUT2D eigenvalue weighted by molar-refractivity contribution is -0.0403. The van der Waals surface area contributed by atoms with E-state index in [2.05, 4.69) is 42.2 Å². The van der Waals surface area contributed by atoms with Crippen LogP contribution in [0.15, 0.2) is 36.9 Å². The number of hydrogen-bond donors (Lipinski definition) is 2. The number of aryl methyl sites for hydroxylation is 1. The normalized spacial score (nSPS) is 17.9. The number of aliphatic hydroxyl groups is 1. The van der Waals surface area contributed by atoms with Crippen molar-refractivity contribution in [3.05, 3.63) is 48.0 Å². The molecule has 3 atom stereocenters. The van der Waals surface area contributed by atoms with Crippen molar-refractivity contribution in [3.63, 3.8) is 0 Å². The van der Waals surface area contributed by atoms with Gasteiger partial charge >= 0.3 is 10.3 Å². The van der Waals surface area contributed by atoms with Gasteiger partial charge in [0.2, 0.25) is 0 Å². The summed E-state index contributed by atoms with van der Waals surface area (Å²) in [6, 6.07) is 8.58. The zero-order chi connectivity index (χ0) is 22.9. The standard InChI is InChI=1S/C20H26N6O5S/c1-25(15-8-7-13-5-3-4-6-14(13)15)19-18-20(23-11-22-19)26(12-24-18)9-16(27)17(30-2)10-31-32(21,28)29/h3-6,11-12,15-17,27H,7-10H2,1-2H3,(H2,21,28,29)/t15-,16-,17+/m0/s1. The van der Waals surface area contributed by atoms with E-state index in [0.29, 0.717) is 17.0 Å². The predicted octanol–water partition coefficient (Wildman–Crippen LogP) is 0.546. The summed E-state index contributed by atoms with van der Waals surface area (Å²) in [5.41, 5.74) is 3.79. The lowest BCUT2D eigenvalue weighted by Gasteiger charge is -2.26. The average molecular weight is 463 g/mol. The Morgan fingerprint density at radius 2 is 2.09 bits per heavy atom. The minimum Gasteiger partial charge on any atom is -0.388 e. The van der Waals surface area contributed by atoms with Gasteiger partial charge in [0.1, 0.15) is 18.5 Å². The van der Waals surface area contributed by atoms with Crippen LogP contribution in [0.4, 0.5) is 5.82 Å². The number of hydrogen-bond acceptors (Lipinski definition) is 9. The van der Waals surface area contributed by atoms with E-state index in [9.17, 15) is 13.5 Å². The van der Waals surface area contributed by atoms with E-state index >= 15 is 0 Å². The van der Waals surface area contributed by atoms with Crippen LogP contribution >= 0.6 is 0 Å². The molecule has 2 aromatic heterocycles. The fourth-order valence-electron chi connectivity index (χ4n) is 4.16. The number of aromatic nitrogens is 4. The zero-order valence-corrected chi connectivity index (χ0v) is 18.6. The van der Waals surface area contributed by atoms with Gasteiger partial charge in [0.25, 0.3) is 0 Å². The molecule has 3 aromatic rings. The molecule has 1 aromatic carbocycles. The van der Waals surface area contributed by atoms with Crippen molar-refractivity contribution in [2.45, 2.75) is 37.6 Å². The number of anilines is 1. The van der Waals surface area contributed by atoms with Gasteiger partial charge in [0.15, 0.2) is 17.0 Å². The van der Waals surface area contributed by atoms with Gasteiger partial charge in [-0.25, -0.2) is 20.1 Å². The molecule has 0 radical (unpaired) electrons. The van der Waals surface area contributed by atoms with Crippen molar-refractivity contribution >= 4 is 27.3 Å². The third-order valence-electron chi connectivity index (χ3n) is 5.80. The number of aliphatic hydroxyl groups excluding tert-OH is 1. The second-order valence-electron chi connectivity index (χ2n) is 7.75. The highest BCUT2D eigenvalue weighted by Gasteiger charge is 2.29. The van der Waals surface area contributed by atoms with Crippen LogP contribution in [-0.2, 0) is 32.2 Å². The molecule has 0 saturated heterocycles. The molecule has 0 saturated carbocycles.